The summed E-state index contributed by atoms with van der Waals surface area (Å²) in [5, 5.41) is 5.96. The standard InChI is InChI=1S/C23H38BN5O5/c1-15(27-20(31)32-21(2,3)4)18(30)29-11-9-17(10-12-29)28-19-25-13-16(14-26-19)24-33-22(5,6)23(7,8)34-24/h13-15,17H,9-12H2,1-8H3,(H,27,31)(H,25,26,28)/t15-/m1/s1. The molecule has 0 radical (unpaired) electrons. The predicted octanol–water partition coefficient (Wildman–Crippen LogP) is 2.09. The van der Waals surface area contributed by atoms with Crippen molar-refractivity contribution < 1.29 is 23.6 Å². The fraction of sp³-hybridized carbons (Fsp3) is 0.739. The number of anilines is 1. The Kier molecular flexibility index (Phi) is 7.47. The second-order valence-electron chi connectivity index (χ2n) is 11.0. The minimum absolute atomic E-state index is 0.118. The van der Waals surface area contributed by atoms with Gasteiger partial charge in [0.05, 0.1) is 11.2 Å². The zero-order valence-electron chi connectivity index (χ0n) is 21.6. The summed E-state index contributed by atoms with van der Waals surface area (Å²) in [7, 11) is -0.496. The highest BCUT2D eigenvalue weighted by atomic mass is 16.7. The Labute approximate surface area is 202 Å². The van der Waals surface area contributed by atoms with E-state index in [1.807, 2.05) is 27.7 Å². The lowest BCUT2D eigenvalue weighted by Gasteiger charge is -2.34. The number of aromatic nitrogens is 2. The van der Waals surface area contributed by atoms with Crippen LogP contribution in [0.1, 0.15) is 68.2 Å². The topological polar surface area (TPSA) is 115 Å². The Morgan fingerprint density at radius 2 is 1.65 bits per heavy atom. The summed E-state index contributed by atoms with van der Waals surface area (Å²) in [4.78, 5) is 35.3. The maximum absolute atomic E-state index is 12.7. The first-order valence-corrected chi connectivity index (χ1v) is 11.9. The van der Waals surface area contributed by atoms with E-state index in [1.165, 1.54) is 0 Å². The summed E-state index contributed by atoms with van der Waals surface area (Å²) in [6.45, 7) is 16.2. The zero-order chi connectivity index (χ0) is 25.3. The SMILES string of the molecule is C[C@@H](NC(=O)OC(C)(C)C)C(=O)N1CCC(Nc2ncc(B3OC(C)(C)C(C)(C)O3)cn2)CC1. The first-order valence-electron chi connectivity index (χ1n) is 11.9. The van der Waals surface area contributed by atoms with Gasteiger partial charge in [0.2, 0.25) is 11.9 Å². The molecule has 188 valence electrons. The van der Waals surface area contributed by atoms with Crippen molar-refractivity contribution >= 4 is 30.5 Å². The number of nitrogens with one attached hydrogen (secondary N) is 2. The van der Waals surface area contributed by atoms with Crippen LogP contribution in [0, 0.1) is 0 Å². The van der Waals surface area contributed by atoms with Crippen LogP contribution < -0.4 is 16.1 Å². The molecule has 34 heavy (non-hydrogen) atoms. The van der Waals surface area contributed by atoms with E-state index >= 15 is 0 Å². The molecule has 3 heterocycles. The molecule has 1 aromatic heterocycles. The van der Waals surface area contributed by atoms with Crippen LogP contribution in [0.5, 0.6) is 0 Å². The number of alkyl carbamates (subject to hydrolysis) is 1. The molecule has 11 heteroatoms. The molecule has 10 nitrogen and oxygen atoms in total. The van der Waals surface area contributed by atoms with E-state index in [1.54, 1.807) is 45.0 Å². The van der Waals surface area contributed by atoms with E-state index in [9.17, 15) is 9.59 Å². The normalized spacial score (nSPS) is 21.2. The van der Waals surface area contributed by atoms with Crippen LogP contribution in [0.4, 0.5) is 10.7 Å². The van der Waals surface area contributed by atoms with Gasteiger partial charge in [-0.05, 0) is 68.2 Å². The number of carbonyl (C=O) groups excluding carboxylic acids is 2. The second kappa shape index (κ2) is 9.69. The van der Waals surface area contributed by atoms with Crippen molar-refractivity contribution in [2.45, 2.75) is 97.1 Å². The van der Waals surface area contributed by atoms with Gasteiger partial charge < -0.3 is 29.6 Å². The van der Waals surface area contributed by atoms with E-state index < -0.39 is 36.1 Å². The second-order valence-corrected chi connectivity index (χ2v) is 11.0. The molecule has 2 fully saturated rings. The maximum Gasteiger partial charge on any atom is 0.498 e. The summed E-state index contributed by atoms with van der Waals surface area (Å²) in [5.41, 5.74) is -0.669. The Hall–Kier alpha value is -2.40. The highest BCUT2D eigenvalue weighted by molar-refractivity contribution is 6.61. The number of likely N-dealkylation sites (tertiary alicyclic amines) is 1. The molecular weight excluding hydrogens is 437 g/mol. The first-order chi connectivity index (χ1) is 15.7. The van der Waals surface area contributed by atoms with E-state index in [0.717, 1.165) is 18.3 Å². The number of hydrogen-bond acceptors (Lipinski definition) is 8. The molecule has 0 saturated carbocycles. The van der Waals surface area contributed by atoms with Crippen molar-refractivity contribution in [2.24, 2.45) is 0 Å². The van der Waals surface area contributed by atoms with Gasteiger partial charge in [-0.25, -0.2) is 14.8 Å². The number of carbonyl (C=O) groups is 2. The molecule has 2 N–H and O–H groups in total. The number of ether oxygens (including phenoxy) is 1. The van der Waals surface area contributed by atoms with Gasteiger partial charge in [-0.3, -0.25) is 4.79 Å². The van der Waals surface area contributed by atoms with Crippen molar-refractivity contribution in [1.29, 1.82) is 0 Å². The van der Waals surface area contributed by atoms with E-state index in [2.05, 4.69) is 20.6 Å². The predicted molar refractivity (Wildman–Crippen MR) is 130 cm³/mol. The molecule has 1 aromatic rings. The van der Waals surface area contributed by atoms with Gasteiger partial charge in [0.25, 0.3) is 0 Å². The largest absolute Gasteiger partial charge is 0.498 e. The minimum Gasteiger partial charge on any atom is -0.444 e. The van der Waals surface area contributed by atoms with Crippen LogP contribution in [0.2, 0.25) is 0 Å². The Morgan fingerprint density at radius 1 is 1.12 bits per heavy atom. The molecule has 0 bridgehead atoms. The quantitative estimate of drug-likeness (QED) is 0.623. The van der Waals surface area contributed by atoms with Crippen LogP contribution >= 0.6 is 0 Å². The summed E-state index contributed by atoms with van der Waals surface area (Å²) >= 11 is 0. The smallest absolute Gasteiger partial charge is 0.444 e. The highest BCUT2D eigenvalue weighted by Crippen LogP contribution is 2.36. The molecule has 3 rings (SSSR count). The third-order valence-electron chi connectivity index (χ3n) is 6.44. The van der Waals surface area contributed by atoms with Gasteiger partial charge in [-0.15, -0.1) is 0 Å². The number of rotatable bonds is 5. The molecule has 0 unspecified atom stereocenters. The zero-order valence-corrected chi connectivity index (χ0v) is 21.6. The Balaban J connectivity index is 1.46. The Bertz CT molecular complexity index is 863. The average molecular weight is 475 g/mol. The highest BCUT2D eigenvalue weighted by Gasteiger charge is 2.52. The van der Waals surface area contributed by atoms with Crippen molar-refractivity contribution in [1.82, 2.24) is 20.2 Å². The van der Waals surface area contributed by atoms with Gasteiger partial charge in [-0.1, -0.05) is 0 Å². The fourth-order valence-electron chi connectivity index (χ4n) is 3.76. The van der Waals surface area contributed by atoms with Gasteiger partial charge >= 0.3 is 13.2 Å². The van der Waals surface area contributed by atoms with Gasteiger partial charge in [0.1, 0.15) is 11.6 Å². The molecule has 2 saturated heterocycles. The lowest BCUT2D eigenvalue weighted by atomic mass is 9.81. The monoisotopic (exact) mass is 475 g/mol. The maximum atomic E-state index is 12.7. The average Bonchev–Trinajstić information content (AvgIpc) is 2.94. The van der Waals surface area contributed by atoms with Crippen LogP contribution in [0.15, 0.2) is 12.4 Å². The van der Waals surface area contributed by atoms with Gasteiger partial charge in [0, 0.05) is 37.0 Å². The third-order valence-corrected chi connectivity index (χ3v) is 6.44. The lowest BCUT2D eigenvalue weighted by Crippen LogP contribution is -2.51. The van der Waals surface area contributed by atoms with E-state index in [-0.39, 0.29) is 11.9 Å². The van der Waals surface area contributed by atoms with Crippen LogP contribution in [-0.4, -0.2) is 76.0 Å². The van der Waals surface area contributed by atoms with Crippen molar-refractivity contribution in [2.75, 3.05) is 18.4 Å². The fourth-order valence-corrected chi connectivity index (χ4v) is 3.76. The summed E-state index contributed by atoms with van der Waals surface area (Å²) in [6.07, 6.45) is 4.37. The van der Waals surface area contributed by atoms with Crippen molar-refractivity contribution in [3.8, 4) is 0 Å². The number of nitrogens with zero attached hydrogens (tertiary/aromatic N) is 3. The Morgan fingerprint density at radius 3 is 2.15 bits per heavy atom. The van der Waals surface area contributed by atoms with Crippen molar-refractivity contribution in [3.63, 3.8) is 0 Å². The number of hydrogen-bond donors (Lipinski definition) is 2. The minimum atomic E-state index is -0.648. The summed E-state index contributed by atoms with van der Waals surface area (Å²) in [5.74, 6) is 0.414. The first kappa shape index (κ1) is 26.2. The summed E-state index contributed by atoms with van der Waals surface area (Å²) in [6, 6.07) is -0.494. The number of amides is 2. The van der Waals surface area contributed by atoms with Crippen molar-refractivity contribution in [3.05, 3.63) is 12.4 Å². The van der Waals surface area contributed by atoms with E-state index in [0.29, 0.717) is 19.0 Å². The molecule has 2 aliphatic heterocycles. The molecule has 0 aliphatic carbocycles. The lowest BCUT2D eigenvalue weighted by molar-refractivity contribution is -0.134. The molecule has 2 amide bonds. The molecule has 1 atom stereocenters. The molecule has 0 spiro atoms. The van der Waals surface area contributed by atoms with Gasteiger partial charge in [0.15, 0.2) is 0 Å². The van der Waals surface area contributed by atoms with Crippen LogP contribution in [-0.2, 0) is 18.8 Å². The van der Waals surface area contributed by atoms with Gasteiger partial charge in [-0.2, -0.15) is 0 Å². The van der Waals surface area contributed by atoms with Crippen LogP contribution in [0.25, 0.3) is 0 Å². The summed E-state index contributed by atoms with van der Waals surface area (Å²) < 4.78 is 17.3. The molecular formula is C23H38BN5O5. The number of piperidine rings is 1. The van der Waals surface area contributed by atoms with Crippen LogP contribution in [0.3, 0.4) is 0 Å². The van der Waals surface area contributed by atoms with E-state index in [4.69, 9.17) is 14.0 Å². The molecule has 0 aromatic carbocycles. The third kappa shape index (κ3) is 6.38. The molecule has 2 aliphatic rings.